The van der Waals surface area contributed by atoms with Gasteiger partial charge in [0.1, 0.15) is 0 Å². The van der Waals surface area contributed by atoms with Crippen molar-refractivity contribution in [2.75, 3.05) is 0 Å². The first-order valence-electron chi connectivity index (χ1n) is 4.45. The van der Waals surface area contributed by atoms with Crippen molar-refractivity contribution in [3.63, 3.8) is 0 Å². The highest BCUT2D eigenvalue weighted by atomic mass is 16.5. The minimum Gasteiger partial charge on any atom is -0.336 e. The van der Waals surface area contributed by atoms with Crippen molar-refractivity contribution in [1.82, 2.24) is 4.74 Å². The number of fused-ring (bicyclic) bond motifs is 1. The number of nitrogens with zero attached hydrogens (tertiary/aromatic N) is 1. The molecule has 74 valence electrons. The van der Waals surface area contributed by atoms with Crippen molar-refractivity contribution in [3.8, 4) is 0 Å². The van der Waals surface area contributed by atoms with Gasteiger partial charge >= 0.3 is 5.63 Å². The molecule has 1 unspecified atom stereocenters. The van der Waals surface area contributed by atoms with Crippen molar-refractivity contribution in [2.24, 2.45) is 12.8 Å². The summed E-state index contributed by atoms with van der Waals surface area (Å²) in [7, 11) is 1.70. The highest BCUT2D eigenvalue weighted by molar-refractivity contribution is 5.78. The first-order chi connectivity index (χ1) is 6.59. The monoisotopic (exact) mass is 192 g/mol. The quantitative estimate of drug-likeness (QED) is 0.737. The Morgan fingerprint density at radius 3 is 2.86 bits per heavy atom. The molecule has 0 aliphatic heterocycles. The molecule has 4 heteroatoms. The molecule has 0 fully saturated rings. The van der Waals surface area contributed by atoms with Gasteiger partial charge in [0.25, 0.3) is 0 Å². The van der Waals surface area contributed by atoms with E-state index in [0.29, 0.717) is 5.39 Å². The van der Waals surface area contributed by atoms with Gasteiger partial charge < -0.3 is 10.3 Å². The van der Waals surface area contributed by atoms with Gasteiger partial charge in [0.2, 0.25) is 0 Å². The van der Waals surface area contributed by atoms with Gasteiger partial charge in [-0.05, 0) is 24.6 Å². The molecular weight excluding hydrogens is 180 g/mol. The summed E-state index contributed by atoms with van der Waals surface area (Å²) in [6.45, 7) is 1.90. The van der Waals surface area contributed by atoms with Crippen LogP contribution in [0.5, 0.6) is 0 Å². The van der Waals surface area contributed by atoms with Crippen LogP contribution in [0.1, 0.15) is 18.5 Å². The molecule has 0 aliphatic carbocycles. The van der Waals surface area contributed by atoms with Crippen LogP contribution in [-0.4, -0.2) is 4.74 Å². The minimum atomic E-state index is -0.307. The second-order valence-electron chi connectivity index (χ2n) is 3.44. The van der Waals surface area contributed by atoms with Gasteiger partial charge in [0.15, 0.2) is 0 Å². The SMILES string of the molecule is CC(N)c1ccc2c(=O)on(C)c2c1. The summed E-state index contributed by atoms with van der Waals surface area (Å²) in [5.41, 5.74) is 7.21. The van der Waals surface area contributed by atoms with Crippen LogP contribution in [0.25, 0.3) is 10.9 Å². The normalized spacial score (nSPS) is 13.4. The van der Waals surface area contributed by atoms with Crippen LogP contribution in [0.2, 0.25) is 0 Å². The average Bonchev–Trinajstić information content (AvgIpc) is 2.42. The highest BCUT2D eigenvalue weighted by Crippen LogP contribution is 2.16. The number of nitrogens with two attached hydrogens (primary N) is 1. The molecule has 2 aromatic rings. The first kappa shape index (κ1) is 9.02. The average molecular weight is 192 g/mol. The minimum absolute atomic E-state index is 0.0376. The third kappa shape index (κ3) is 1.24. The smallest absolute Gasteiger partial charge is 0.336 e. The van der Waals surface area contributed by atoms with Crippen molar-refractivity contribution in [2.45, 2.75) is 13.0 Å². The van der Waals surface area contributed by atoms with Crippen LogP contribution < -0.4 is 11.4 Å². The van der Waals surface area contributed by atoms with E-state index in [-0.39, 0.29) is 11.7 Å². The van der Waals surface area contributed by atoms with E-state index in [2.05, 4.69) is 0 Å². The molecule has 0 amide bonds. The molecule has 1 atom stereocenters. The van der Waals surface area contributed by atoms with E-state index in [1.807, 2.05) is 19.1 Å². The third-order valence-corrected chi connectivity index (χ3v) is 2.33. The van der Waals surface area contributed by atoms with Crippen LogP contribution in [0.15, 0.2) is 27.5 Å². The maximum Gasteiger partial charge on any atom is 0.365 e. The lowest BCUT2D eigenvalue weighted by molar-refractivity contribution is 0.296. The van der Waals surface area contributed by atoms with Crippen LogP contribution in [-0.2, 0) is 7.05 Å². The maximum absolute atomic E-state index is 11.3. The molecular formula is C10H12N2O2. The number of rotatable bonds is 1. The topological polar surface area (TPSA) is 61.2 Å². The Morgan fingerprint density at radius 1 is 1.50 bits per heavy atom. The number of hydrogen-bond acceptors (Lipinski definition) is 3. The molecule has 0 saturated carbocycles. The lowest BCUT2D eigenvalue weighted by Crippen LogP contribution is -2.04. The molecule has 0 saturated heterocycles. The van der Waals surface area contributed by atoms with Gasteiger partial charge in [0, 0.05) is 13.1 Å². The van der Waals surface area contributed by atoms with Gasteiger partial charge in [-0.25, -0.2) is 9.53 Å². The van der Waals surface area contributed by atoms with Gasteiger partial charge in [-0.1, -0.05) is 6.07 Å². The zero-order valence-corrected chi connectivity index (χ0v) is 8.15. The predicted octanol–water partition coefficient (Wildman–Crippen LogP) is 1.15. The van der Waals surface area contributed by atoms with Gasteiger partial charge in [-0.15, -0.1) is 0 Å². The second-order valence-corrected chi connectivity index (χ2v) is 3.44. The fourth-order valence-corrected chi connectivity index (χ4v) is 1.49. The van der Waals surface area contributed by atoms with Crippen LogP contribution >= 0.6 is 0 Å². The standard InChI is InChI=1S/C10H12N2O2/c1-6(11)7-3-4-8-9(5-7)12(2)14-10(8)13/h3-6H,11H2,1-2H3. The molecule has 1 aromatic carbocycles. The van der Waals surface area contributed by atoms with E-state index in [9.17, 15) is 4.79 Å². The summed E-state index contributed by atoms with van der Waals surface area (Å²) in [5.74, 6) is 0. The number of aryl methyl sites for hydroxylation is 1. The van der Waals surface area contributed by atoms with E-state index >= 15 is 0 Å². The third-order valence-electron chi connectivity index (χ3n) is 2.33. The fourth-order valence-electron chi connectivity index (χ4n) is 1.49. The summed E-state index contributed by atoms with van der Waals surface area (Å²) < 4.78 is 6.38. The Morgan fingerprint density at radius 2 is 2.21 bits per heavy atom. The molecule has 1 heterocycles. The van der Waals surface area contributed by atoms with E-state index < -0.39 is 0 Å². The molecule has 0 radical (unpaired) electrons. The lowest BCUT2D eigenvalue weighted by atomic mass is 10.1. The largest absolute Gasteiger partial charge is 0.365 e. The van der Waals surface area contributed by atoms with E-state index in [1.54, 1.807) is 13.1 Å². The van der Waals surface area contributed by atoms with Gasteiger partial charge in [0.05, 0.1) is 10.9 Å². The molecule has 0 bridgehead atoms. The van der Waals surface area contributed by atoms with Crippen LogP contribution in [0.4, 0.5) is 0 Å². The van der Waals surface area contributed by atoms with E-state index in [4.69, 9.17) is 10.3 Å². The van der Waals surface area contributed by atoms with Crippen LogP contribution in [0.3, 0.4) is 0 Å². The Bertz CT molecular complexity index is 522. The van der Waals surface area contributed by atoms with Crippen molar-refractivity contribution in [1.29, 1.82) is 0 Å². The van der Waals surface area contributed by atoms with Crippen molar-refractivity contribution in [3.05, 3.63) is 34.2 Å². The van der Waals surface area contributed by atoms with Gasteiger partial charge in [-0.3, -0.25) is 0 Å². The van der Waals surface area contributed by atoms with Crippen molar-refractivity contribution < 1.29 is 4.52 Å². The molecule has 0 spiro atoms. The molecule has 4 nitrogen and oxygen atoms in total. The fraction of sp³-hybridized carbons (Fsp3) is 0.300. The molecule has 2 rings (SSSR count). The summed E-state index contributed by atoms with van der Waals surface area (Å²) >= 11 is 0. The Balaban J connectivity index is 2.77. The van der Waals surface area contributed by atoms with E-state index in [0.717, 1.165) is 11.1 Å². The number of aromatic nitrogens is 1. The Labute approximate surface area is 80.9 Å². The van der Waals surface area contributed by atoms with Gasteiger partial charge in [-0.2, -0.15) is 0 Å². The zero-order valence-electron chi connectivity index (χ0n) is 8.15. The Hall–Kier alpha value is -1.55. The summed E-state index contributed by atoms with van der Waals surface area (Å²) in [6.07, 6.45) is 0. The maximum atomic E-state index is 11.3. The summed E-state index contributed by atoms with van der Waals surface area (Å²) in [5, 5.41) is 0.594. The molecule has 1 aromatic heterocycles. The Kier molecular flexibility index (Phi) is 1.93. The number of benzene rings is 1. The summed E-state index contributed by atoms with van der Waals surface area (Å²) in [6, 6.07) is 5.44. The van der Waals surface area contributed by atoms with Crippen molar-refractivity contribution >= 4 is 10.9 Å². The lowest BCUT2D eigenvalue weighted by Gasteiger charge is -2.04. The first-order valence-corrected chi connectivity index (χ1v) is 4.45. The van der Waals surface area contributed by atoms with Crippen LogP contribution in [0, 0.1) is 0 Å². The second kappa shape index (κ2) is 2.99. The zero-order chi connectivity index (χ0) is 10.3. The summed E-state index contributed by atoms with van der Waals surface area (Å²) in [4.78, 5) is 11.3. The molecule has 0 aliphatic rings. The highest BCUT2D eigenvalue weighted by Gasteiger charge is 2.08. The van der Waals surface area contributed by atoms with E-state index in [1.165, 1.54) is 4.74 Å². The molecule has 2 N–H and O–H groups in total. The number of hydrogen-bond donors (Lipinski definition) is 1. The predicted molar refractivity (Wildman–Crippen MR) is 54.1 cm³/mol. The molecule has 14 heavy (non-hydrogen) atoms.